The Labute approximate surface area is 134 Å². The zero-order valence-corrected chi connectivity index (χ0v) is 14.8. The summed E-state index contributed by atoms with van der Waals surface area (Å²) in [5.41, 5.74) is 0.929. The van der Waals surface area contributed by atoms with Gasteiger partial charge < -0.3 is 0 Å². The third kappa shape index (κ3) is 7.71. The average Bonchev–Trinajstić information content (AvgIpc) is 3.31. The summed E-state index contributed by atoms with van der Waals surface area (Å²) >= 11 is 0. The molecule has 0 saturated heterocycles. The monoisotopic (exact) mass is 292 g/mol. The molecule has 0 N–H and O–H groups in total. The van der Waals surface area contributed by atoms with Crippen LogP contribution in [0.25, 0.3) is 0 Å². The number of rotatable bonds is 0. The van der Waals surface area contributed by atoms with E-state index in [2.05, 4.69) is 6.92 Å². The van der Waals surface area contributed by atoms with Crippen molar-refractivity contribution in [1.29, 1.82) is 0 Å². The zero-order valence-electron chi connectivity index (χ0n) is 14.8. The molecule has 4 saturated carbocycles. The van der Waals surface area contributed by atoms with E-state index in [0.717, 1.165) is 11.3 Å². The van der Waals surface area contributed by atoms with Gasteiger partial charge in [0.1, 0.15) is 0 Å². The van der Waals surface area contributed by atoms with Crippen LogP contribution >= 0.6 is 0 Å². The Balaban J connectivity index is 0.000000117. The van der Waals surface area contributed by atoms with Gasteiger partial charge in [-0.15, -0.1) is 0 Å². The lowest BCUT2D eigenvalue weighted by molar-refractivity contribution is 0.337. The molecule has 1 spiro atoms. The Hall–Kier alpha value is 0. The van der Waals surface area contributed by atoms with Crippen molar-refractivity contribution in [2.24, 2.45) is 11.3 Å². The molecule has 0 atom stereocenters. The Kier molecular flexibility index (Phi) is 8.19. The fraction of sp³-hybridized carbons (Fsp3) is 1.00. The molecule has 4 aliphatic carbocycles. The molecule has 4 rings (SSSR count). The molecule has 21 heavy (non-hydrogen) atoms. The average molecular weight is 293 g/mol. The van der Waals surface area contributed by atoms with E-state index in [9.17, 15) is 0 Å². The highest BCUT2D eigenvalue weighted by Crippen LogP contribution is 2.55. The van der Waals surface area contributed by atoms with Crippen molar-refractivity contribution in [3.8, 4) is 0 Å². The van der Waals surface area contributed by atoms with Gasteiger partial charge in [-0.3, -0.25) is 0 Å². The minimum absolute atomic E-state index is 0.929. The van der Waals surface area contributed by atoms with Gasteiger partial charge in [0.2, 0.25) is 0 Å². The van der Waals surface area contributed by atoms with Gasteiger partial charge in [0.15, 0.2) is 0 Å². The predicted molar refractivity (Wildman–Crippen MR) is 94.7 cm³/mol. The summed E-state index contributed by atoms with van der Waals surface area (Å²) in [6, 6.07) is 0. The third-order valence-electron chi connectivity index (χ3n) is 6.27. The Bertz CT molecular complexity index is 221. The Morgan fingerprint density at radius 2 is 0.857 bits per heavy atom. The summed E-state index contributed by atoms with van der Waals surface area (Å²) in [5, 5.41) is 0. The van der Waals surface area contributed by atoms with Crippen molar-refractivity contribution < 1.29 is 0 Å². The van der Waals surface area contributed by atoms with Gasteiger partial charge in [-0.25, -0.2) is 0 Å². The van der Waals surface area contributed by atoms with Crippen molar-refractivity contribution in [2.45, 2.75) is 122 Å². The summed E-state index contributed by atoms with van der Waals surface area (Å²) < 4.78 is 0. The van der Waals surface area contributed by atoms with Crippen LogP contribution in [0.5, 0.6) is 0 Å². The minimum Gasteiger partial charge on any atom is -0.0625 e. The Morgan fingerprint density at radius 1 is 0.476 bits per heavy atom. The maximum Gasteiger partial charge on any atom is -0.0297 e. The van der Waals surface area contributed by atoms with E-state index in [-0.39, 0.29) is 0 Å². The van der Waals surface area contributed by atoms with Crippen LogP contribution in [0.4, 0.5) is 0 Å². The first-order chi connectivity index (χ1) is 10.3. The van der Waals surface area contributed by atoms with Gasteiger partial charge in [0, 0.05) is 0 Å². The lowest BCUT2D eigenvalue weighted by atomic mass is 9.87. The molecule has 0 heterocycles. The van der Waals surface area contributed by atoms with Gasteiger partial charge in [0.05, 0.1) is 0 Å². The van der Waals surface area contributed by atoms with Crippen molar-refractivity contribution in [3.05, 3.63) is 0 Å². The van der Waals surface area contributed by atoms with Crippen LogP contribution < -0.4 is 0 Å². The molecule has 124 valence electrons. The van der Waals surface area contributed by atoms with Gasteiger partial charge in [-0.2, -0.15) is 0 Å². The minimum atomic E-state index is 0.929. The van der Waals surface area contributed by atoms with Crippen molar-refractivity contribution in [1.82, 2.24) is 0 Å². The molecule has 0 nitrogen and oxygen atoms in total. The molecule has 0 radical (unpaired) electrons. The SMILES string of the molecule is C1CCC2(CC1)CC2.C1CCCCC1.CC1CCCCC1. The molecule has 0 aromatic carbocycles. The van der Waals surface area contributed by atoms with E-state index in [1.165, 1.54) is 89.9 Å². The maximum absolute atomic E-state index is 2.36. The maximum atomic E-state index is 2.36. The van der Waals surface area contributed by atoms with E-state index < -0.39 is 0 Å². The van der Waals surface area contributed by atoms with Gasteiger partial charge in [-0.05, 0) is 37.0 Å². The highest BCUT2D eigenvalue weighted by Gasteiger charge is 2.42. The van der Waals surface area contributed by atoms with E-state index >= 15 is 0 Å². The molecule has 0 aromatic heterocycles. The van der Waals surface area contributed by atoms with Crippen molar-refractivity contribution in [2.75, 3.05) is 0 Å². The summed E-state index contributed by atoms with van der Waals surface area (Å²) in [6.07, 6.45) is 27.3. The first-order valence-electron chi connectivity index (χ1n) is 10.3. The number of hydrogen-bond donors (Lipinski definition) is 0. The summed E-state index contributed by atoms with van der Waals surface area (Å²) in [7, 11) is 0. The van der Waals surface area contributed by atoms with Crippen LogP contribution in [0.15, 0.2) is 0 Å². The predicted octanol–water partition coefficient (Wildman–Crippen LogP) is 7.66. The third-order valence-corrected chi connectivity index (χ3v) is 6.27. The lowest BCUT2D eigenvalue weighted by Gasteiger charge is -2.19. The molecule has 4 fully saturated rings. The second kappa shape index (κ2) is 9.90. The lowest BCUT2D eigenvalue weighted by Crippen LogP contribution is -2.05. The van der Waals surface area contributed by atoms with E-state index in [1.807, 2.05) is 0 Å². The quantitative estimate of drug-likeness (QED) is 0.430. The van der Waals surface area contributed by atoms with E-state index in [0.29, 0.717) is 0 Å². The van der Waals surface area contributed by atoms with Gasteiger partial charge >= 0.3 is 0 Å². The normalized spacial score (nSPS) is 27.9. The zero-order chi connectivity index (χ0) is 14.8. The molecule has 0 unspecified atom stereocenters. The summed E-state index contributed by atoms with van der Waals surface area (Å²) in [5.74, 6) is 1.04. The second-order valence-corrected chi connectivity index (χ2v) is 8.43. The molecular formula is C21H40. The molecule has 0 bridgehead atoms. The number of hydrogen-bond acceptors (Lipinski definition) is 0. The Morgan fingerprint density at radius 3 is 1.14 bits per heavy atom. The second-order valence-electron chi connectivity index (χ2n) is 8.43. The molecule has 0 heteroatoms. The van der Waals surface area contributed by atoms with Crippen LogP contribution in [-0.2, 0) is 0 Å². The fourth-order valence-electron chi connectivity index (χ4n) is 4.35. The smallest absolute Gasteiger partial charge is 0.0297 e. The standard InChI is InChI=1S/C8H14.C7H14.C6H12/c1-2-4-8(5-3-1)6-7-8;1-7-5-3-2-4-6-7;1-2-4-6-5-3-1/h1-7H2;7H,2-6H2,1H3;1-6H2. The summed E-state index contributed by atoms with van der Waals surface area (Å²) in [4.78, 5) is 0. The van der Waals surface area contributed by atoms with Gasteiger partial charge in [-0.1, -0.05) is 96.8 Å². The van der Waals surface area contributed by atoms with Crippen LogP contribution in [0, 0.1) is 11.3 Å². The molecule has 4 aliphatic rings. The highest BCUT2D eigenvalue weighted by molar-refractivity contribution is 4.94. The van der Waals surface area contributed by atoms with E-state index in [4.69, 9.17) is 0 Å². The first kappa shape index (κ1) is 17.4. The molecule has 0 amide bonds. The molecule has 0 aliphatic heterocycles. The molecule has 0 aromatic rings. The molecular weight excluding hydrogens is 252 g/mol. The topological polar surface area (TPSA) is 0 Å². The highest BCUT2D eigenvalue weighted by atomic mass is 14.5. The van der Waals surface area contributed by atoms with Crippen LogP contribution in [0.1, 0.15) is 122 Å². The van der Waals surface area contributed by atoms with Crippen LogP contribution in [0.3, 0.4) is 0 Å². The van der Waals surface area contributed by atoms with Gasteiger partial charge in [0.25, 0.3) is 0 Å². The van der Waals surface area contributed by atoms with Crippen LogP contribution in [-0.4, -0.2) is 0 Å². The summed E-state index contributed by atoms with van der Waals surface area (Å²) in [6.45, 7) is 2.36. The van der Waals surface area contributed by atoms with Crippen LogP contribution in [0.2, 0.25) is 0 Å². The first-order valence-corrected chi connectivity index (χ1v) is 10.3. The fourth-order valence-corrected chi connectivity index (χ4v) is 4.35. The van der Waals surface area contributed by atoms with E-state index in [1.54, 1.807) is 25.7 Å². The largest absolute Gasteiger partial charge is 0.0625 e. The van der Waals surface area contributed by atoms with Crippen molar-refractivity contribution in [3.63, 3.8) is 0 Å². The van der Waals surface area contributed by atoms with Crippen molar-refractivity contribution >= 4 is 0 Å².